The van der Waals surface area contributed by atoms with Gasteiger partial charge in [0.25, 0.3) is 0 Å². The molecule has 0 spiro atoms. The first-order valence-corrected chi connectivity index (χ1v) is 22.6. The molecule has 6 nitrogen and oxygen atoms in total. The minimum absolute atomic E-state index is 0.0271. The molecule has 0 aliphatic rings. The molecule has 0 rings (SSSR count). The molecule has 0 saturated carbocycles. The van der Waals surface area contributed by atoms with Crippen molar-refractivity contribution in [2.24, 2.45) is 0 Å². The fraction of sp³-hybridized carbons (Fsp3) is 0.933. The number of hydrogen-bond acceptors (Lipinski definition) is 3. The maximum Gasteiger partial charge on any atom is 0.326 e. The lowest BCUT2D eigenvalue weighted by Crippen LogP contribution is -2.59. The predicted molar refractivity (Wildman–Crippen MR) is 218 cm³/mol. The minimum Gasteiger partial charge on any atom is -0.481 e. The third kappa shape index (κ3) is 26.8. The zero-order valence-electron chi connectivity index (χ0n) is 34.6. The Bertz CT molecular complexity index is 798. The molecule has 0 radical (unpaired) electrons. The van der Waals surface area contributed by atoms with Gasteiger partial charge in [-0.05, 0) is 32.1 Å². The van der Waals surface area contributed by atoms with Gasteiger partial charge in [-0.1, -0.05) is 214 Å². The number of aliphatic carboxylic acids is 2. The van der Waals surface area contributed by atoms with Crippen LogP contribution in [0, 0.1) is 0 Å². The summed E-state index contributed by atoms with van der Waals surface area (Å²) in [4.78, 5) is 41.2. The highest BCUT2D eigenvalue weighted by Crippen LogP contribution is 2.38. The highest BCUT2D eigenvalue weighted by Gasteiger charge is 2.44. The third-order valence-electron chi connectivity index (χ3n) is 11.2. The normalized spacial score (nSPS) is 12.3. The van der Waals surface area contributed by atoms with Gasteiger partial charge in [0, 0.05) is 18.4 Å². The summed E-state index contributed by atoms with van der Waals surface area (Å²) < 4.78 is 0. The van der Waals surface area contributed by atoms with E-state index in [0.717, 1.165) is 77.0 Å². The summed E-state index contributed by atoms with van der Waals surface area (Å²) in [6, 6.07) is -1.09. The van der Waals surface area contributed by atoms with Gasteiger partial charge in [0.2, 0.25) is 5.91 Å². The molecule has 6 heteroatoms. The van der Waals surface area contributed by atoms with E-state index in [1.165, 1.54) is 135 Å². The molecule has 1 amide bonds. The number of carboxylic acid groups (broad SMARTS) is 2. The fourth-order valence-corrected chi connectivity index (χ4v) is 8.07. The Morgan fingerprint density at radius 2 is 0.725 bits per heavy atom. The van der Waals surface area contributed by atoms with Crippen LogP contribution in [0.25, 0.3) is 0 Å². The van der Waals surface area contributed by atoms with Crippen LogP contribution < -0.4 is 0 Å². The van der Waals surface area contributed by atoms with E-state index in [9.17, 15) is 24.6 Å². The second-order valence-corrected chi connectivity index (χ2v) is 16.0. The molecule has 0 aliphatic carbocycles. The van der Waals surface area contributed by atoms with Gasteiger partial charge in [-0.25, -0.2) is 4.79 Å². The van der Waals surface area contributed by atoms with E-state index in [2.05, 4.69) is 27.7 Å². The largest absolute Gasteiger partial charge is 0.481 e. The van der Waals surface area contributed by atoms with Gasteiger partial charge >= 0.3 is 11.9 Å². The lowest BCUT2D eigenvalue weighted by molar-refractivity contribution is -0.159. The quantitative estimate of drug-likeness (QED) is 0.0614. The number of rotatable bonds is 40. The van der Waals surface area contributed by atoms with E-state index in [4.69, 9.17) is 0 Å². The van der Waals surface area contributed by atoms with Crippen molar-refractivity contribution in [1.82, 2.24) is 4.90 Å². The summed E-state index contributed by atoms with van der Waals surface area (Å²) >= 11 is 0. The van der Waals surface area contributed by atoms with Crippen molar-refractivity contribution in [2.45, 2.75) is 270 Å². The summed E-state index contributed by atoms with van der Waals surface area (Å²) in [5, 5.41) is 20.3. The van der Waals surface area contributed by atoms with Crippen LogP contribution in [-0.4, -0.2) is 44.5 Å². The zero-order valence-corrected chi connectivity index (χ0v) is 34.6. The van der Waals surface area contributed by atoms with E-state index < -0.39 is 23.5 Å². The number of amides is 1. The van der Waals surface area contributed by atoms with E-state index in [1.807, 2.05) is 4.90 Å². The number of carboxylic acids is 2. The first kappa shape index (κ1) is 49.4. The van der Waals surface area contributed by atoms with Gasteiger partial charge < -0.3 is 15.1 Å². The molecule has 1 atom stereocenters. The topological polar surface area (TPSA) is 94.9 Å². The van der Waals surface area contributed by atoms with Crippen LogP contribution in [0.15, 0.2) is 0 Å². The van der Waals surface area contributed by atoms with Crippen molar-refractivity contribution in [3.05, 3.63) is 0 Å². The summed E-state index contributed by atoms with van der Waals surface area (Å²) in [7, 11) is 0. The van der Waals surface area contributed by atoms with Crippen LogP contribution in [0.2, 0.25) is 0 Å². The number of carbonyl (C=O) groups is 3. The molecule has 51 heavy (non-hydrogen) atoms. The SMILES string of the molecule is CCCCCCCCCCCC(=O)N(C(CCC(=O)O)C(=O)O)C(CCCCCCCC)(CCCCCCCC)CCCCCCCCCCC. The third-order valence-corrected chi connectivity index (χ3v) is 11.2. The van der Waals surface area contributed by atoms with Gasteiger partial charge in [0.05, 0.1) is 0 Å². The zero-order chi connectivity index (χ0) is 37.8. The van der Waals surface area contributed by atoms with Crippen molar-refractivity contribution >= 4 is 17.8 Å². The minimum atomic E-state index is -1.09. The van der Waals surface area contributed by atoms with Crippen LogP contribution in [0.3, 0.4) is 0 Å². The molecular weight excluding hydrogens is 634 g/mol. The Kier molecular flexibility index (Phi) is 34.3. The van der Waals surface area contributed by atoms with Gasteiger partial charge in [0.1, 0.15) is 6.04 Å². The summed E-state index contributed by atoms with van der Waals surface area (Å²) in [5.41, 5.74) is -0.533. The second-order valence-electron chi connectivity index (χ2n) is 16.0. The van der Waals surface area contributed by atoms with E-state index in [1.54, 1.807) is 0 Å². The average Bonchev–Trinajstić information content (AvgIpc) is 3.11. The summed E-state index contributed by atoms with van der Waals surface area (Å²) in [6.07, 6.45) is 37.9. The number of nitrogens with zero attached hydrogens (tertiary/aromatic N) is 1. The average molecular weight is 722 g/mol. The molecule has 0 aliphatic heterocycles. The number of hydrogen-bond donors (Lipinski definition) is 2. The Hall–Kier alpha value is -1.59. The van der Waals surface area contributed by atoms with Crippen LogP contribution in [0.1, 0.15) is 259 Å². The maximum atomic E-state index is 14.5. The molecular formula is C45H87NO5. The van der Waals surface area contributed by atoms with Gasteiger partial charge in [-0.15, -0.1) is 0 Å². The first-order valence-electron chi connectivity index (χ1n) is 22.6. The fourth-order valence-electron chi connectivity index (χ4n) is 8.07. The van der Waals surface area contributed by atoms with Gasteiger partial charge in [-0.2, -0.15) is 0 Å². The van der Waals surface area contributed by atoms with Crippen LogP contribution in [0.4, 0.5) is 0 Å². The predicted octanol–water partition coefficient (Wildman–Crippen LogP) is 14.2. The lowest BCUT2D eigenvalue weighted by Gasteiger charge is -2.48. The molecule has 0 aromatic rings. The van der Waals surface area contributed by atoms with Crippen molar-refractivity contribution in [2.75, 3.05) is 0 Å². The van der Waals surface area contributed by atoms with Crippen molar-refractivity contribution < 1.29 is 24.6 Å². The van der Waals surface area contributed by atoms with Gasteiger partial charge in [-0.3, -0.25) is 9.59 Å². The Labute approximate surface area is 317 Å². The highest BCUT2D eigenvalue weighted by molar-refractivity contribution is 5.85. The van der Waals surface area contributed by atoms with Crippen molar-refractivity contribution in [1.29, 1.82) is 0 Å². The van der Waals surface area contributed by atoms with Crippen LogP contribution in [-0.2, 0) is 14.4 Å². The van der Waals surface area contributed by atoms with Crippen LogP contribution in [0.5, 0.6) is 0 Å². The molecule has 0 saturated heterocycles. The van der Waals surface area contributed by atoms with Crippen molar-refractivity contribution in [3.63, 3.8) is 0 Å². The molecule has 2 N–H and O–H groups in total. The molecule has 0 aromatic heterocycles. The Morgan fingerprint density at radius 3 is 1.02 bits per heavy atom. The molecule has 302 valence electrons. The lowest BCUT2D eigenvalue weighted by atomic mass is 9.78. The van der Waals surface area contributed by atoms with E-state index >= 15 is 0 Å². The molecule has 0 fully saturated rings. The Morgan fingerprint density at radius 1 is 0.431 bits per heavy atom. The number of unbranched alkanes of at least 4 members (excludes halogenated alkanes) is 26. The second kappa shape index (κ2) is 35.4. The first-order chi connectivity index (χ1) is 24.8. The standard InChI is InChI=1S/C45H87NO5/c1-5-9-13-17-21-23-25-27-31-35-42(47)46(41(44(50)51)36-37-43(48)49)45(38-32-28-19-15-11-7-3,39-33-29-20-16-12-8-4)40-34-30-26-24-22-18-14-10-6-2/h41H,5-40H2,1-4H3,(H,48,49)(H,50,51). The van der Waals surface area contributed by atoms with Crippen LogP contribution >= 0.6 is 0 Å². The monoisotopic (exact) mass is 722 g/mol. The smallest absolute Gasteiger partial charge is 0.326 e. The van der Waals surface area contributed by atoms with E-state index in [-0.39, 0.29) is 18.7 Å². The Balaban J connectivity index is 6.22. The number of carbonyl (C=O) groups excluding carboxylic acids is 1. The molecule has 1 unspecified atom stereocenters. The highest BCUT2D eigenvalue weighted by atomic mass is 16.4. The molecule has 0 aromatic carbocycles. The molecule has 0 heterocycles. The summed E-state index contributed by atoms with van der Waals surface area (Å²) in [6.45, 7) is 8.96. The molecule has 0 bridgehead atoms. The summed E-state index contributed by atoms with van der Waals surface area (Å²) in [5.74, 6) is -2.09. The van der Waals surface area contributed by atoms with E-state index in [0.29, 0.717) is 6.42 Å². The maximum absolute atomic E-state index is 14.5. The van der Waals surface area contributed by atoms with Gasteiger partial charge in [0.15, 0.2) is 0 Å². The van der Waals surface area contributed by atoms with Crippen molar-refractivity contribution in [3.8, 4) is 0 Å².